The molecule has 9 nitrogen and oxygen atoms in total. The molecule has 0 bridgehead atoms. The molecule has 1 fully saturated rings. The van der Waals surface area contributed by atoms with Gasteiger partial charge in [0, 0.05) is 19.3 Å². The number of amides is 1. The van der Waals surface area contributed by atoms with Crippen molar-refractivity contribution in [1.29, 1.82) is 0 Å². The first kappa shape index (κ1) is 25.2. The fourth-order valence-electron chi connectivity index (χ4n) is 3.94. The summed E-state index contributed by atoms with van der Waals surface area (Å²) in [4.78, 5) is 17.1. The van der Waals surface area contributed by atoms with Crippen LogP contribution < -0.4 is 16.0 Å². The van der Waals surface area contributed by atoms with E-state index in [2.05, 4.69) is 31.2 Å². The van der Waals surface area contributed by atoms with Crippen LogP contribution in [0.15, 0.2) is 35.1 Å². The highest BCUT2D eigenvalue weighted by molar-refractivity contribution is 7.23. The van der Waals surface area contributed by atoms with Gasteiger partial charge in [0.05, 0.1) is 51.6 Å². The van der Waals surface area contributed by atoms with Crippen molar-refractivity contribution in [3.63, 3.8) is 0 Å². The van der Waals surface area contributed by atoms with Crippen LogP contribution in [-0.4, -0.2) is 51.1 Å². The topological polar surface area (TPSA) is 110 Å². The minimum absolute atomic E-state index is 0.0570. The summed E-state index contributed by atoms with van der Waals surface area (Å²) in [6.45, 7) is 7.40. The van der Waals surface area contributed by atoms with Gasteiger partial charge in [-0.2, -0.15) is 23.3 Å². The molecular weight excluding hydrogens is 507 g/mol. The average Bonchev–Trinajstić information content (AvgIpc) is 3.52. The molecule has 1 aliphatic rings. The number of thiophene rings is 1. The van der Waals surface area contributed by atoms with E-state index in [0.717, 1.165) is 18.8 Å². The van der Waals surface area contributed by atoms with Gasteiger partial charge in [0.25, 0.3) is 5.91 Å². The fourth-order valence-corrected chi connectivity index (χ4v) is 5.16. The number of aromatic nitrogens is 4. The highest BCUT2D eigenvalue weighted by Gasteiger charge is 2.33. The zero-order valence-corrected chi connectivity index (χ0v) is 21.3. The Bertz CT molecular complexity index is 1430. The Balaban J connectivity index is 1.39. The van der Waals surface area contributed by atoms with Crippen molar-refractivity contribution < 1.29 is 22.5 Å². The molecule has 1 saturated heterocycles. The Hall–Kier alpha value is -3.45. The van der Waals surface area contributed by atoms with Gasteiger partial charge in [-0.1, -0.05) is 17.3 Å². The molecule has 4 heterocycles. The van der Waals surface area contributed by atoms with Crippen LogP contribution in [0, 0.1) is 0 Å². The number of hydrogen-bond donors (Lipinski definition) is 3. The first-order valence-electron chi connectivity index (χ1n) is 11.7. The summed E-state index contributed by atoms with van der Waals surface area (Å²) >= 11 is 1.19. The van der Waals surface area contributed by atoms with Crippen molar-refractivity contribution in [3.8, 4) is 10.7 Å². The normalized spacial score (nSPS) is 14.6. The standard InChI is InChI=1S/C24H26F3N7O2S/c1-23(2,3)34-12-13(8-30-34)22(35)29-11-18-32-21(33-36-18)20-16(7-24(25,26)27)15-5-4-6-17(19(15)37-20)31-14-9-28-10-14/h4-6,8,12,14,28,31H,7,9-11H2,1-3H3,(H,29,35). The van der Waals surface area contributed by atoms with Crippen molar-refractivity contribution in [2.24, 2.45) is 0 Å². The lowest BCUT2D eigenvalue weighted by Crippen LogP contribution is -2.51. The van der Waals surface area contributed by atoms with E-state index >= 15 is 0 Å². The maximum absolute atomic E-state index is 13.5. The summed E-state index contributed by atoms with van der Waals surface area (Å²) in [5.74, 6) is -0.238. The molecule has 0 radical (unpaired) electrons. The van der Waals surface area contributed by atoms with Crippen LogP contribution in [0.5, 0.6) is 0 Å². The molecule has 0 saturated carbocycles. The Kier molecular flexibility index (Phi) is 6.44. The molecule has 196 valence electrons. The van der Waals surface area contributed by atoms with Crippen LogP contribution in [-0.2, 0) is 18.5 Å². The number of carbonyl (C=O) groups is 1. The summed E-state index contributed by atoms with van der Waals surface area (Å²) in [6, 6.07) is 5.50. The number of hydrogen-bond acceptors (Lipinski definition) is 8. The van der Waals surface area contributed by atoms with Crippen molar-refractivity contribution >= 4 is 33.0 Å². The minimum atomic E-state index is -4.41. The van der Waals surface area contributed by atoms with Crippen molar-refractivity contribution in [2.45, 2.75) is 51.5 Å². The van der Waals surface area contributed by atoms with Gasteiger partial charge in [-0.25, -0.2) is 0 Å². The lowest BCUT2D eigenvalue weighted by Gasteiger charge is -2.29. The van der Waals surface area contributed by atoms with Crippen LogP contribution >= 0.6 is 11.3 Å². The number of fused-ring (bicyclic) bond motifs is 1. The molecule has 3 N–H and O–H groups in total. The van der Waals surface area contributed by atoms with E-state index in [-0.39, 0.29) is 41.3 Å². The molecule has 1 aliphatic heterocycles. The van der Waals surface area contributed by atoms with Gasteiger partial charge in [0.15, 0.2) is 0 Å². The van der Waals surface area contributed by atoms with E-state index in [1.165, 1.54) is 17.5 Å². The van der Waals surface area contributed by atoms with Gasteiger partial charge in [0.2, 0.25) is 11.7 Å². The molecule has 0 atom stereocenters. The van der Waals surface area contributed by atoms with Crippen molar-refractivity contribution in [3.05, 3.63) is 47.6 Å². The average molecular weight is 534 g/mol. The highest BCUT2D eigenvalue weighted by Crippen LogP contribution is 2.43. The zero-order chi connectivity index (χ0) is 26.4. The molecule has 5 rings (SSSR count). The third kappa shape index (κ3) is 5.47. The molecule has 1 amide bonds. The van der Waals surface area contributed by atoms with E-state index in [0.29, 0.717) is 20.5 Å². The van der Waals surface area contributed by atoms with Gasteiger partial charge in [-0.15, -0.1) is 11.3 Å². The largest absolute Gasteiger partial charge is 0.393 e. The zero-order valence-electron chi connectivity index (χ0n) is 20.4. The summed E-state index contributed by atoms with van der Waals surface area (Å²) in [7, 11) is 0. The Labute approximate surface area is 214 Å². The van der Waals surface area contributed by atoms with Gasteiger partial charge >= 0.3 is 6.18 Å². The lowest BCUT2D eigenvalue weighted by atomic mass is 10.1. The second-order valence-electron chi connectivity index (χ2n) is 9.92. The van der Waals surface area contributed by atoms with Gasteiger partial charge in [-0.3, -0.25) is 9.48 Å². The summed E-state index contributed by atoms with van der Waals surface area (Å²) in [6.07, 6.45) is -2.43. The molecule has 1 aromatic carbocycles. The number of nitrogens with one attached hydrogen (secondary N) is 3. The Morgan fingerprint density at radius 1 is 1.27 bits per heavy atom. The summed E-state index contributed by atoms with van der Waals surface area (Å²) in [5, 5.41) is 17.9. The minimum Gasteiger partial charge on any atom is -0.379 e. The lowest BCUT2D eigenvalue weighted by molar-refractivity contribution is -0.126. The summed E-state index contributed by atoms with van der Waals surface area (Å²) in [5.41, 5.74) is 0.972. The van der Waals surface area contributed by atoms with Crippen LogP contribution in [0.25, 0.3) is 20.8 Å². The Morgan fingerprint density at radius 3 is 2.70 bits per heavy atom. The second kappa shape index (κ2) is 9.45. The van der Waals surface area contributed by atoms with Gasteiger partial charge in [0.1, 0.15) is 0 Å². The second-order valence-corrected chi connectivity index (χ2v) is 10.9. The first-order chi connectivity index (χ1) is 17.5. The van der Waals surface area contributed by atoms with Gasteiger partial charge in [-0.05, 0) is 37.8 Å². The number of halogens is 3. The molecular formula is C24H26F3N7O2S. The SMILES string of the molecule is CC(C)(C)n1cc(C(=O)NCc2nc(-c3sc4c(NC5CNC5)cccc4c3CC(F)(F)F)no2)cn1. The van der Waals surface area contributed by atoms with Gasteiger partial charge < -0.3 is 20.5 Å². The van der Waals surface area contributed by atoms with Crippen molar-refractivity contribution in [1.82, 2.24) is 30.6 Å². The van der Waals surface area contributed by atoms with Crippen LogP contribution in [0.2, 0.25) is 0 Å². The quantitative estimate of drug-likeness (QED) is 0.325. The molecule has 0 unspecified atom stereocenters. The van der Waals surface area contributed by atoms with E-state index < -0.39 is 12.6 Å². The third-order valence-electron chi connectivity index (χ3n) is 5.94. The molecule has 3 aromatic heterocycles. The smallest absolute Gasteiger partial charge is 0.379 e. The molecule has 0 aliphatic carbocycles. The molecule has 0 spiro atoms. The monoisotopic (exact) mass is 533 g/mol. The predicted molar refractivity (Wildman–Crippen MR) is 134 cm³/mol. The molecule has 4 aromatic rings. The van der Waals surface area contributed by atoms with Crippen molar-refractivity contribution in [2.75, 3.05) is 18.4 Å². The number of alkyl halides is 3. The van der Waals surface area contributed by atoms with E-state index in [4.69, 9.17) is 4.52 Å². The summed E-state index contributed by atoms with van der Waals surface area (Å²) < 4.78 is 48.3. The van der Waals surface area contributed by atoms with E-state index in [1.807, 2.05) is 26.8 Å². The number of benzene rings is 1. The number of carbonyl (C=O) groups excluding carboxylic acids is 1. The maximum Gasteiger partial charge on any atom is 0.393 e. The first-order valence-corrected chi connectivity index (χ1v) is 12.5. The highest BCUT2D eigenvalue weighted by atomic mass is 32.1. The van der Waals surface area contributed by atoms with Crippen LogP contribution in [0.1, 0.15) is 42.6 Å². The number of rotatable bonds is 7. The molecule has 37 heavy (non-hydrogen) atoms. The third-order valence-corrected chi connectivity index (χ3v) is 7.22. The maximum atomic E-state index is 13.5. The number of anilines is 1. The van der Waals surface area contributed by atoms with E-state index in [9.17, 15) is 18.0 Å². The Morgan fingerprint density at radius 2 is 2.05 bits per heavy atom. The van der Waals surface area contributed by atoms with Crippen LogP contribution in [0.3, 0.4) is 0 Å². The number of nitrogens with zero attached hydrogens (tertiary/aromatic N) is 4. The fraction of sp³-hybridized carbons (Fsp3) is 0.417. The van der Waals surface area contributed by atoms with Crippen LogP contribution in [0.4, 0.5) is 18.9 Å². The predicted octanol–water partition coefficient (Wildman–Crippen LogP) is 4.32. The molecule has 13 heteroatoms. The van der Waals surface area contributed by atoms with E-state index in [1.54, 1.807) is 23.0 Å².